The molecule has 9 heteroatoms. The van der Waals surface area contributed by atoms with Crippen LogP contribution in [-0.2, 0) is 14.8 Å². The lowest BCUT2D eigenvalue weighted by molar-refractivity contribution is -0.121. The van der Waals surface area contributed by atoms with E-state index >= 15 is 0 Å². The van der Waals surface area contributed by atoms with Crippen LogP contribution in [0.25, 0.3) is 0 Å². The van der Waals surface area contributed by atoms with Crippen molar-refractivity contribution in [3.8, 4) is 0 Å². The second kappa shape index (κ2) is 8.64. The molecule has 5 nitrogen and oxygen atoms in total. The van der Waals surface area contributed by atoms with Gasteiger partial charge in [0.25, 0.3) is 10.0 Å². The summed E-state index contributed by atoms with van der Waals surface area (Å²) in [4.78, 5) is 12.3. The molecule has 25 heavy (non-hydrogen) atoms. The molecule has 0 fully saturated rings. The van der Waals surface area contributed by atoms with Crippen LogP contribution >= 0.6 is 38.9 Å². The zero-order valence-electron chi connectivity index (χ0n) is 13.7. The first kappa shape index (κ1) is 20.4. The van der Waals surface area contributed by atoms with Gasteiger partial charge in [0.05, 0.1) is 16.9 Å². The number of likely N-dealkylation sites (N-methyl/N-ethyl adjacent to an activating group) is 1. The Kier molecular flexibility index (Phi) is 7.04. The van der Waals surface area contributed by atoms with Crippen molar-refractivity contribution in [2.45, 2.75) is 23.6 Å². The Morgan fingerprint density at radius 3 is 2.44 bits per heavy atom. The lowest BCUT2D eigenvalue weighted by Gasteiger charge is -2.20. The highest BCUT2D eigenvalue weighted by atomic mass is 79.9. The summed E-state index contributed by atoms with van der Waals surface area (Å²) in [6, 6.07) is 10.4. The first-order valence-electron chi connectivity index (χ1n) is 7.50. The van der Waals surface area contributed by atoms with Crippen LogP contribution in [0.4, 0.5) is 0 Å². The van der Waals surface area contributed by atoms with Gasteiger partial charge in [0, 0.05) is 11.5 Å². The molecule has 0 saturated heterocycles. The molecular weight excluding hydrogens is 448 g/mol. The van der Waals surface area contributed by atoms with E-state index in [0.29, 0.717) is 10.8 Å². The van der Waals surface area contributed by atoms with E-state index in [1.165, 1.54) is 19.2 Å². The van der Waals surface area contributed by atoms with Gasteiger partial charge in [-0.15, -0.1) is 11.3 Å². The molecule has 0 spiro atoms. The maximum Gasteiger partial charge on any atom is 0.252 e. The van der Waals surface area contributed by atoms with E-state index in [4.69, 9.17) is 11.6 Å². The zero-order valence-corrected chi connectivity index (χ0v) is 17.7. The van der Waals surface area contributed by atoms with Crippen LogP contribution in [0.3, 0.4) is 0 Å². The minimum Gasteiger partial charge on any atom is -0.348 e. The number of carbonyl (C=O) groups excluding carboxylic acids is 1. The van der Waals surface area contributed by atoms with Crippen molar-refractivity contribution < 1.29 is 13.2 Å². The van der Waals surface area contributed by atoms with E-state index < -0.39 is 10.0 Å². The fourth-order valence-corrected chi connectivity index (χ4v) is 5.32. The fourth-order valence-electron chi connectivity index (χ4n) is 2.23. The molecule has 1 atom stereocenters. The SMILES string of the molecule is CCC(NC(=O)CN(C)S(=O)(=O)c1ccc(Cl)s1)c1ccc(Br)cc1. The third-order valence-corrected chi connectivity index (χ3v) is 7.63. The van der Waals surface area contributed by atoms with Gasteiger partial charge in [0.1, 0.15) is 4.21 Å². The molecular formula is C16H18BrClN2O3S2. The molecule has 0 radical (unpaired) electrons. The molecule has 0 saturated carbocycles. The molecule has 0 aliphatic rings. The van der Waals surface area contributed by atoms with Crippen molar-refractivity contribution in [2.24, 2.45) is 0 Å². The van der Waals surface area contributed by atoms with Crippen molar-refractivity contribution >= 4 is 54.8 Å². The number of nitrogens with zero attached hydrogens (tertiary/aromatic N) is 1. The third-order valence-electron chi connectivity index (χ3n) is 3.60. The van der Waals surface area contributed by atoms with E-state index in [-0.39, 0.29) is 22.7 Å². The zero-order chi connectivity index (χ0) is 18.6. The smallest absolute Gasteiger partial charge is 0.252 e. The van der Waals surface area contributed by atoms with Crippen molar-refractivity contribution in [3.05, 3.63) is 50.8 Å². The van der Waals surface area contributed by atoms with Gasteiger partial charge in [-0.25, -0.2) is 8.42 Å². The van der Waals surface area contributed by atoms with Crippen LogP contribution in [-0.4, -0.2) is 32.2 Å². The second-order valence-electron chi connectivity index (χ2n) is 5.40. The standard InChI is InChI=1S/C16H18BrClN2O3S2/c1-3-13(11-4-6-12(17)7-5-11)19-15(21)10-20(2)25(22,23)16-9-8-14(18)24-16/h4-9,13H,3,10H2,1-2H3,(H,19,21). The predicted octanol–water partition coefficient (Wildman–Crippen LogP) is 4.05. The highest BCUT2D eigenvalue weighted by Gasteiger charge is 2.25. The molecule has 0 aliphatic carbocycles. The molecule has 136 valence electrons. The van der Waals surface area contributed by atoms with Gasteiger partial charge in [0.15, 0.2) is 0 Å². The summed E-state index contributed by atoms with van der Waals surface area (Å²) in [6.45, 7) is 1.70. The van der Waals surface area contributed by atoms with Gasteiger partial charge in [-0.2, -0.15) is 4.31 Å². The summed E-state index contributed by atoms with van der Waals surface area (Å²) in [5.74, 6) is -0.358. The van der Waals surface area contributed by atoms with Crippen LogP contribution in [0.5, 0.6) is 0 Å². The fraction of sp³-hybridized carbons (Fsp3) is 0.312. The van der Waals surface area contributed by atoms with Crippen LogP contribution in [0.2, 0.25) is 4.34 Å². The minimum atomic E-state index is -3.73. The number of hydrogen-bond acceptors (Lipinski definition) is 4. The largest absolute Gasteiger partial charge is 0.348 e. The molecule has 1 unspecified atom stereocenters. The number of nitrogens with one attached hydrogen (secondary N) is 1. The molecule has 0 aliphatic heterocycles. The lowest BCUT2D eigenvalue weighted by Crippen LogP contribution is -2.39. The number of thiophene rings is 1. The monoisotopic (exact) mass is 464 g/mol. The van der Waals surface area contributed by atoms with E-state index in [1.807, 2.05) is 31.2 Å². The van der Waals surface area contributed by atoms with E-state index in [2.05, 4.69) is 21.2 Å². The number of halogens is 2. The summed E-state index contributed by atoms with van der Waals surface area (Å²) >= 11 is 10.1. The quantitative estimate of drug-likeness (QED) is 0.671. The minimum absolute atomic E-state index is 0.118. The van der Waals surface area contributed by atoms with Crippen LogP contribution < -0.4 is 5.32 Å². The molecule has 1 N–H and O–H groups in total. The Bertz CT molecular complexity index is 837. The number of benzene rings is 1. The third kappa shape index (κ3) is 5.27. The van der Waals surface area contributed by atoms with Crippen molar-refractivity contribution in [1.82, 2.24) is 9.62 Å². The number of rotatable bonds is 7. The first-order chi connectivity index (χ1) is 11.7. The second-order valence-corrected chi connectivity index (χ2v) is 10.3. The Morgan fingerprint density at radius 2 is 1.92 bits per heavy atom. The number of sulfonamides is 1. The van der Waals surface area contributed by atoms with Crippen LogP contribution in [0.15, 0.2) is 45.1 Å². The summed E-state index contributed by atoms with van der Waals surface area (Å²) < 4.78 is 27.4. The average molecular weight is 466 g/mol. The van der Waals surface area contributed by atoms with Gasteiger partial charge >= 0.3 is 0 Å². The van der Waals surface area contributed by atoms with Gasteiger partial charge in [-0.05, 0) is 36.2 Å². The lowest BCUT2D eigenvalue weighted by atomic mass is 10.0. The van der Waals surface area contributed by atoms with Crippen LogP contribution in [0, 0.1) is 0 Å². The topological polar surface area (TPSA) is 66.5 Å². The predicted molar refractivity (Wildman–Crippen MR) is 104 cm³/mol. The number of carbonyl (C=O) groups is 1. The number of amides is 1. The maximum absolute atomic E-state index is 12.4. The summed E-state index contributed by atoms with van der Waals surface area (Å²) in [7, 11) is -2.35. The average Bonchev–Trinajstić information content (AvgIpc) is 3.00. The van der Waals surface area contributed by atoms with Gasteiger partial charge in [0.2, 0.25) is 5.91 Å². The summed E-state index contributed by atoms with van der Waals surface area (Å²) in [5.41, 5.74) is 0.967. The molecule has 1 amide bonds. The first-order valence-corrected chi connectivity index (χ1v) is 10.9. The van der Waals surface area contributed by atoms with Crippen LogP contribution in [0.1, 0.15) is 24.9 Å². The maximum atomic E-state index is 12.4. The van der Waals surface area contributed by atoms with Gasteiger partial charge < -0.3 is 5.32 Å². The normalized spacial score (nSPS) is 13.0. The van der Waals surface area contributed by atoms with E-state index in [0.717, 1.165) is 25.7 Å². The molecule has 1 heterocycles. The van der Waals surface area contributed by atoms with E-state index in [9.17, 15) is 13.2 Å². The van der Waals surface area contributed by atoms with Crippen molar-refractivity contribution in [1.29, 1.82) is 0 Å². The van der Waals surface area contributed by atoms with E-state index in [1.54, 1.807) is 0 Å². The summed E-state index contributed by atoms with van der Waals surface area (Å²) in [5, 5.41) is 2.88. The molecule has 1 aromatic heterocycles. The van der Waals surface area contributed by atoms with Crippen molar-refractivity contribution in [3.63, 3.8) is 0 Å². The Morgan fingerprint density at radius 1 is 1.28 bits per heavy atom. The Hall–Kier alpha value is -0.930. The van der Waals surface area contributed by atoms with Gasteiger partial charge in [-0.3, -0.25) is 4.79 Å². The Labute approximate surface area is 165 Å². The van der Waals surface area contributed by atoms with Gasteiger partial charge in [-0.1, -0.05) is 46.6 Å². The Balaban J connectivity index is 2.04. The molecule has 2 aromatic rings. The summed E-state index contributed by atoms with van der Waals surface area (Å²) in [6.07, 6.45) is 0.699. The molecule has 0 bridgehead atoms. The van der Waals surface area contributed by atoms with Crippen molar-refractivity contribution in [2.75, 3.05) is 13.6 Å². The number of hydrogen-bond donors (Lipinski definition) is 1. The molecule has 1 aromatic carbocycles. The highest BCUT2D eigenvalue weighted by Crippen LogP contribution is 2.27. The highest BCUT2D eigenvalue weighted by molar-refractivity contribution is 9.10. The molecule has 2 rings (SSSR count).